The molecule has 1 aliphatic heterocycles. The topological polar surface area (TPSA) is 106 Å². The molecule has 2 unspecified atom stereocenters. The van der Waals surface area contributed by atoms with Gasteiger partial charge in [-0.1, -0.05) is 26.0 Å². The highest BCUT2D eigenvalue weighted by Gasteiger charge is 2.33. The minimum Gasteiger partial charge on any atom is -0.352 e. The molecule has 0 saturated carbocycles. The molecule has 150 valence electrons. The third-order valence-electron chi connectivity index (χ3n) is 4.95. The van der Waals surface area contributed by atoms with E-state index in [-0.39, 0.29) is 23.7 Å². The molecule has 0 radical (unpaired) electrons. The molecule has 1 fully saturated rings. The van der Waals surface area contributed by atoms with Gasteiger partial charge >= 0.3 is 6.03 Å². The number of nitrogens with zero attached hydrogens (tertiary/aromatic N) is 5. The first-order valence-electron chi connectivity index (χ1n) is 9.58. The lowest BCUT2D eigenvalue weighted by molar-refractivity contribution is 0.248. The fourth-order valence-corrected chi connectivity index (χ4v) is 3.35. The number of hydrogen-bond acceptors (Lipinski definition) is 6. The maximum atomic E-state index is 12.5. The predicted octanol–water partition coefficient (Wildman–Crippen LogP) is 2.80. The Kier molecular flexibility index (Phi) is 6.39. The van der Waals surface area contributed by atoms with Gasteiger partial charge < -0.3 is 20.5 Å². The average molecular weight is 391 g/mol. The summed E-state index contributed by atoms with van der Waals surface area (Å²) < 4.78 is 0. The van der Waals surface area contributed by atoms with Crippen molar-refractivity contribution in [2.45, 2.75) is 25.8 Å². The molecule has 2 N–H and O–H groups in total. The zero-order valence-electron chi connectivity index (χ0n) is 16.8. The summed E-state index contributed by atoms with van der Waals surface area (Å²) in [5.41, 5.74) is 2.25. The van der Waals surface area contributed by atoms with Gasteiger partial charge in [-0.25, -0.2) is 4.79 Å². The number of carbonyl (C=O) groups excluding carboxylic acids is 1. The van der Waals surface area contributed by atoms with Crippen LogP contribution in [0.4, 0.5) is 16.3 Å². The van der Waals surface area contributed by atoms with Crippen LogP contribution >= 0.6 is 0 Å². The monoisotopic (exact) mass is 391 g/mol. The van der Waals surface area contributed by atoms with Crippen LogP contribution in [-0.4, -0.2) is 48.6 Å². The average Bonchev–Trinajstić information content (AvgIpc) is 3.11. The normalized spacial score (nSPS) is 18.8. The Morgan fingerprint density at radius 2 is 2.00 bits per heavy atom. The van der Waals surface area contributed by atoms with Crippen LogP contribution in [0, 0.1) is 17.2 Å². The summed E-state index contributed by atoms with van der Waals surface area (Å²) in [5.74, 6) is 1.17. The first-order chi connectivity index (χ1) is 14.0. The van der Waals surface area contributed by atoms with E-state index in [9.17, 15) is 4.79 Å². The van der Waals surface area contributed by atoms with Gasteiger partial charge in [0.15, 0.2) is 11.5 Å². The number of anilines is 2. The molecular formula is C21H25N7O. The van der Waals surface area contributed by atoms with Crippen molar-refractivity contribution in [3.63, 3.8) is 0 Å². The molecule has 1 aromatic heterocycles. The van der Waals surface area contributed by atoms with Gasteiger partial charge in [-0.05, 0) is 35.7 Å². The summed E-state index contributed by atoms with van der Waals surface area (Å²) in [6, 6.07) is 12.9. The van der Waals surface area contributed by atoms with E-state index in [4.69, 9.17) is 5.26 Å². The van der Waals surface area contributed by atoms with Crippen molar-refractivity contribution in [3.8, 4) is 6.07 Å². The zero-order chi connectivity index (χ0) is 20.8. The van der Waals surface area contributed by atoms with E-state index in [1.54, 1.807) is 19.2 Å². The molecule has 1 aromatic carbocycles. The van der Waals surface area contributed by atoms with Crippen LogP contribution < -0.4 is 15.5 Å². The van der Waals surface area contributed by atoms with Gasteiger partial charge in [-0.15, -0.1) is 10.2 Å². The number of hydrogen-bond donors (Lipinski definition) is 2. The van der Waals surface area contributed by atoms with Gasteiger partial charge in [0.2, 0.25) is 0 Å². The lowest BCUT2D eigenvalue weighted by Gasteiger charge is -2.18. The number of benzene rings is 1. The van der Waals surface area contributed by atoms with Crippen molar-refractivity contribution in [2.24, 2.45) is 10.9 Å². The van der Waals surface area contributed by atoms with E-state index in [0.717, 1.165) is 5.69 Å². The molecule has 0 aliphatic carbocycles. The number of nitrogens with one attached hydrogen (secondary N) is 2. The first-order valence-corrected chi connectivity index (χ1v) is 9.58. The van der Waals surface area contributed by atoms with Crippen molar-refractivity contribution in [1.82, 2.24) is 15.5 Å². The number of urea groups is 1. The predicted molar refractivity (Wildman–Crippen MR) is 113 cm³/mol. The van der Waals surface area contributed by atoms with Crippen LogP contribution in [-0.2, 0) is 0 Å². The molecule has 2 atom stereocenters. The number of carbonyl (C=O) groups is 1. The summed E-state index contributed by atoms with van der Waals surface area (Å²) in [6.07, 6.45) is 1.85. The molecule has 3 rings (SSSR count). The summed E-state index contributed by atoms with van der Waals surface area (Å²) >= 11 is 0. The van der Waals surface area contributed by atoms with Gasteiger partial charge in [0.1, 0.15) is 6.07 Å². The Bertz CT molecular complexity index is 900. The quantitative estimate of drug-likeness (QED) is 0.762. The number of aliphatic imine (C=N–C) groups is 1. The van der Waals surface area contributed by atoms with Gasteiger partial charge in [0.05, 0.1) is 6.04 Å². The number of rotatable bonds is 5. The van der Waals surface area contributed by atoms with E-state index in [2.05, 4.69) is 39.7 Å². The van der Waals surface area contributed by atoms with Crippen molar-refractivity contribution >= 4 is 23.8 Å². The highest BCUT2D eigenvalue weighted by Crippen LogP contribution is 2.22. The number of aromatic nitrogens is 2. The van der Waals surface area contributed by atoms with E-state index < -0.39 is 0 Å². The minimum absolute atomic E-state index is 0.0477. The van der Waals surface area contributed by atoms with E-state index in [1.165, 1.54) is 5.56 Å². The van der Waals surface area contributed by atoms with Crippen LogP contribution in [0.3, 0.4) is 0 Å². The number of nitriles is 1. The maximum absolute atomic E-state index is 12.5. The first kappa shape index (κ1) is 20.3. The molecule has 8 heteroatoms. The Balaban J connectivity index is 1.64. The molecule has 1 saturated heterocycles. The third-order valence-corrected chi connectivity index (χ3v) is 4.95. The molecule has 2 heterocycles. The van der Waals surface area contributed by atoms with E-state index in [1.807, 2.05) is 41.4 Å². The molecule has 2 aromatic rings. The highest BCUT2D eigenvalue weighted by molar-refractivity contribution is 5.90. The summed E-state index contributed by atoms with van der Waals surface area (Å²) in [5, 5.41) is 22.8. The summed E-state index contributed by atoms with van der Waals surface area (Å²) in [6.45, 7) is 5.51. The standard InChI is InChI=1S/C21H25N7O/c1-14(2)15-4-6-17(7-5-15)24-21(29)25-19-13-28(12-16(19)11-23-3)20-9-8-18(10-22)26-27-20/h4-9,11,14,16,19H,12-13H2,1-3H3,(H2,24,25,29). The van der Waals surface area contributed by atoms with Gasteiger partial charge in [-0.3, -0.25) is 0 Å². The van der Waals surface area contributed by atoms with Gasteiger partial charge in [0, 0.05) is 38.0 Å². The number of amides is 2. The van der Waals surface area contributed by atoms with Crippen molar-refractivity contribution in [2.75, 3.05) is 30.4 Å². The van der Waals surface area contributed by atoms with Crippen LogP contribution in [0.2, 0.25) is 0 Å². The molecule has 0 bridgehead atoms. The second-order valence-electron chi connectivity index (χ2n) is 7.35. The third kappa shape index (κ3) is 5.08. The second kappa shape index (κ2) is 9.15. The highest BCUT2D eigenvalue weighted by atomic mass is 16.2. The Hall–Kier alpha value is -3.47. The van der Waals surface area contributed by atoms with Crippen molar-refractivity contribution in [3.05, 3.63) is 47.7 Å². The van der Waals surface area contributed by atoms with Crippen molar-refractivity contribution in [1.29, 1.82) is 5.26 Å². The molecule has 8 nitrogen and oxygen atoms in total. The lowest BCUT2D eigenvalue weighted by Crippen LogP contribution is -2.43. The molecule has 29 heavy (non-hydrogen) atoms. The SMILES string of the molecule is CN=CC1CN(c2ccc(C#N)nn2)CC1NC(=O)Nc1ccc(C(C)C)cc1. The largest absolute Gasteiger partial charge is 0.352 e. The Morgan fingerprint density at radius 3 is 2.59 bits per heavy atom. The smallest absolute Gasteiger partial charge is 0.319 e. The molecule has 2 amide bonds. The Morgan fingerprint density at radius 1 is 1.24 bits per heavy atom. The minimum atomic E-state index is -0.255. The lowest BCUT2D eigenvalue weighted by atomic mass is 10.0. The van der Waals surface area contributed by atoms with Gasteiger partial charge in [-0.2, -0.15) is 5.26 Å². The molecule has 1 aliphatic rings. The van der Waals surface area contributed by atoms with Crippen molar-refractivity contribution < 1.29 is 4.79 Å². The molecule has 0 spiro atoms. The summed E-state index contributed by atoms with van der Waals surface area (Å²) in [4.78, 5) is 18.7. The van der Waals surface area contributed by atoms with Gasteiger partial charge in [0.25, 0.3) is 0 Å². The fraction of sp³-hybridized carbons (Fsp3) is 0.381. The van der Waals surface area contributed by atoms with Crippen LogP contribution in [0.5, 0.6) is 0 Å². The van der Waals surface area contributed by atoms with Crippen LogP contribution in [0.15, 0.2) is 41.4 Å². The zero-order valence-corrected chi connectivity index (χ0v) is 16.8. The fourth-order valence-electron chi connectivity index (χ4n) is 3.35. The van der Waals surface area contributed by atoms with Crippen LogP contribution in [0.1, 0.15) is 31.0 Å². The summed E-state index contributed by atoms with van der Waals surface area (Å²) in [7, 11) is 1.72. The second-order valence-corrected chi connectivity index (χ2v) is 7.35. The van der Waals surface area contributed by atoms with E-state index >= 15 is 0 Å². The van der Waals surface area contributed by atoms with Crippen LogP contribution in [0.25, 0.3) is 0 Å². The molecular weight excluding hydrogens is 366 g/mol. The maximum Gasteiger partial charge on any atom is 0.319 e. The Labute approximate surface area is 170 Å². The van der Waals surface area contributed by atoms with E-state index in [0.29, 0.717) is 24.8 Å².